The number of thiazole rings is 1. The summed E-state index contributed by atoms with van der Waals surface area (Å²) in [5.74, 6) is -0.615. The van der Waals surface area contributed by atoms with E-state index < -0.39 is 18.6 Å². The molecule has 2 aromatic rings. The van der Waals surface area contributed by atoms with E-state index in [1.54, 1.807) is 23.7 Å². The van der Waals surface area contributed by atoms with Gasteiger partial charge < -0.3 is 14.7 Å². The Bertz CT molecular complexity index is 891. The summed E-state index contributed by atoms with van der Waals surface area (Å²) < 4.78 is 5.52. The molecule has 1 aromatic heterocycles. The lowest BCUT2D eigenvalue weighted by Crippen LogP contribution is -2.41. The number of carbonyl (C=O) groups excluding carboxylic acids is 1. The molecule has 28 heavy (non-hydrogen) atoms. The molecule has 0 bridgehead atoms. The summed E-state index contributed by atoms with van der Waals surface area (Å²) >= 11 is 7.73. The van der Waals surface area contributed by atoms with Gasteiger partial charge in [-0.05, 0) is 23.6 Å². The SMILES string of the molecule is CC(C)(C)CC(=O)N1CCc2ncsc2C1c1cc(Cl)ccc1OCC(=O)O. The molecule has 2 heterocycles. The summed E-state index contributed by atoms with van der Waals surface area (Å²) in [5.41, 5.74) is 3.27. The van der Waals surface area contributed by atoms with Gasteiger partial charge in [-0.2, -0.15) is 0 Å². The molecule has 150 valence electrons. The number of carbonyl (C=O) groups is 2. The van der Waals surface area contributed by atoms with Gasteiger partial charge in [0.25, 0.3) is 0 Å². The Morgan fingerprint density at radius 3 is 2.82 bits per heavy atom. The van der Waals surface area contributed by atoms with Crippen LogP contribution in [0.15, 0.2) is 23.7 Å². The summed E-state index contributed by atoms with van der Waals surface area (Å²) in [4.78, 5) is 31.4. The maximum Gasteiger partial charge on any atom is 0.341 e. The van der Waals surface area contributed by atoms with Crippen LogP contribution < -0.4 is 4.74 Å². The van der Waals surface area contributed by atoms with Crippen molar-refractivity contribution in [3.05, 3.63) is 44.9 Å². The van der Waals surface area contributed by atoms with Gasteiger partial charge in [0, 0.05) is 30.0 Å². The fourth-order valence-electron chi connectivity index (χ4n) is 3.32. The van der Waals surface area contributed by atoms with Crippen LogP contribution in [0.4, 0.5) is 0 Å². The molecular formula is C20H23ClN2O4S. The van der Waals surface area contributed by atoms with Crippen molar-refractivity contribution in [2.24, 2.45) is 5.41 Å². The third kappa shape index (κ3) is 4.64. The molecule has 0 saturated carbocycles. The fraction of sp³-hybridized carbons (Fsp3) is 0.450. The van der Waals surface area contributed by atoms with Crippen LogP contribution in [0.3, 0.4) is 0 Å². The van der Waals surface area contributed by atoms with Crippen LogP contribution in [0, 0.1) is 5.41 Å². The molecule has 0 fully saturated rings. The van der Waals surface area contributed by atoms with E-state index in [-0.39, 0.29) is 11.3 Å². The molecule has 1 aromatic carbocycles. The van der Waals surface area contributed by atoms with E-state index in [9.17, 15) is 9.59 Å². The highest BCUT2D eigenvalue weighted by atomic mass is 35.5. The molecule has 1 unspecified atom stereocenters. The van der Waals surface area contributed by atoms with E-state index in [4.69, 9.17) is 21.4 Å². The Labute approximate surface area is 173 Å². The summed E-state index contributed by atoms with van der Waals surface area (Å²) in [5, 5.41) is 9.50. The van der Waals surface area contributed by atoms with Gasteiger partial charge in [0.2, 0.25) is 5.91 Å². The van der Waals surface area contributed by atoms with Crippen LogP contribution in [-0.4, -0.2) is 40.0 Å². The lowest BCUT2D eigenvalue weighted by molar-refractivity contribution is -0.139. The Morgan fingerprint density at radius 2 is 2.14 bits per heavy atom. The van der Waals surface area contributed by atoms with Gasteiger partial charge in [0.1, 0.15) is 5.75 Å². The van der Waals surface area contributed by atoms with E-state index in [0.717, 1.165) is 10.6 Å². The molecule has 6 nitrogen and oxygen atoms in total. The van der Waals surface area contributed by atoms with Gasteiger partial charge in [-0.25, -0.2) is 9.78 Å². The number of carboxylic acid groups (broad SMARTS) is 1. The highest BCUT2D eigenvalue weighted by molar-refractivity contribution is 7.09. The Hall–Kier alpha value is -2.12. The highest BCUT2D eigenvalue weighted by Crippen LogP contribution is 2.42. The smallest absolute Gasteiger partial charge is 0.341 e. The number of rotatable bonds is 5. The van der Waals surface area contributed by atoms with Gasteiger partial charge in [0.15, 0.2) is 6.61 Å². The molecule has 1 amide bonds. The molecule has 8 heteroatoms. The quantitative estimate of drug-likeness (QED) is 0.782. The summed E-state index contributed by atoms with van der Waals surface area (Å²) in [6.45, 7) is 6.17. The van der Waals surface area contributed by atoms with Crippen LogP contribution in [-0.2, 0) is 16.0 Å². The molecule has 0 saturated heterocycles. The standard InChI is InChI=1S/C20H23ClN2O4S/c1-20(2,3)9-16(24)23-7-6-14-19(28-11-22-14)18(23)13-8-12(21)4-5-15(13)27-10-17(25)26/h4-5,8,11,18H,6-7,9-10H2,1-3H3,(H,25,26). The van der Waals surface area contributed by atoms with Gasteiger partial charge in [-0.15, -0.1) is 11.3 Å². The fourth-order valence-corrected chi connectivity index (χ4v) is 4.47. The highest BCUT2D eigenvalue weighted by Gasteiger charge is 2.36. The third-order valence-electron chi connectivity index (χ3n) is 4.44. The second-order valence-electron chi connectivity index (χ2n) is 8.00. The summed E-state index contributed by atoms with van der Waals surface area (Å²) in [6.07, 6.45) is 1.10. The zero-order chi connectivity index (χ0) is 20.5. The number of aromatic nitrogens is 1. The number of hydrogen-bond donors (Lipinski definition) is 1. The van der Waals surface area contributed by atoms with Crippen LogP contribution >= 0.6 is 22.9 Å². The predicted octanol–water partition coefficient (Wildman–Crippen LogP) is 4.17. The van der Waals surface area contributed by atoms with E-state index in [2.05, 4.69) is 4.98 Å². The molecule has 1 aliphatic rings. The van der Waals surface area contributed by atoms with Crippen molar-refractivity contribution in [3.8, 4) is 5.75 Å². The number of ether oxygens (including phenoxy) is 1. The molecule has 0 spiro atoms. The number of benzene rings is 1. The maximum absolute atomic E-state index is 13.1. The molecule has 3 rings (SSSR count). The Morgan fingerprint density at radius 1 is 1.39 bits per heavy atom. The number of nitrogens with zero attached hydrogens (tertiary/aromatic N) is 2. The normalized spacial score (nSPS) is 16.6. The number of amides is 1. The van der Waals surface area contributed by atoms with Crippen molar-refractivity contribution in [3.63, 3.8) is 0 Å². The zero-order valence-corrected chi connectivity index (χ0v) is 17.6. The van der Waals surface area contributed by atoms with Crippen molar-refractivity contribution in [1.29, 1.82) is 0 Å². The third-order valence-corrected chi connectivity index (χ3v) is 5.60. The van der Waals surface area contributed by atoms with Gasteiger partial charge in [0.05, 0.1) is 22.1 Å². The first kappa shape index (κ1) is 20.6. The number of aliphatic carboxylic acids is 1. The minimum atomic E-state index is -1.07. The van der Waals surface area contributed by atoms with E-state index in [1.807, 2.05) is 25.7 Å². The molecule has 1 N–H and O–H groups in total. The molecule has 1 aliphatic heterocycles. The van der Waals surface area contributed by atoms with Crippen molar-refractivity contribution >= 4 is 34.8 Å². The minimum Gasteiger partial charge on any atom is -0.482 e. The summed E-state index contributed by atoms with van der Waals surface area (Å²) in [7, 11) is 0. The maximum atomic E-state index is 13.1. The van der Waals surface area contributed by atoms with E-state index in [0.29, 0.717) is 35.7 Å². The number of fused-ring (bicyclic) bond motifs is 1. The minimum absolute atomic E-state index is 0.0423. The van der Waals surface area contributed by atoms with Crippen LogP contribution in [0.25, 0.3) is 0 Å². The van der Waals surface area contributed by atoms with Gasteiger partial charge >= 0.3 is 5.97 Å². The van der Waals surface area contributed by atoms with E-state index in [1.165, 1.54) is 11.3 Å². The zero-order valence-electron chi connectivity index (χ0n) is 16.1. The molecule has 0 radical (unpaired) electrons. The summed E-state index contributed by atoms with van der Waals surface area (Å²) in [6, 6.07) is 4.66. The Kier molecular flexibility index (Phi) is 5.95. The van der Waals surface area contributed by atoms with Crippen molar-refractivity contribution in [2.45, 2.75) is 39.7 Å². The average molecular weight is 423 g/mol. The molecular weight excluding hydrogens is 400 g/mol. The molecule has 1 atom stereocenters. The van der Waals surface area contributed by atoms with Gasteiger partial charge in [-0.1, -0.05) is 32.4 Å². The van der Waals surface area contributed by atoms with Crippen LogP contribution in [0.1, 0.15) is 49.4 Å². The first-order valence-corrected chi connectivity index (χ1v) is 10.3. The van der Waals surface area contributed by atoms with E-state index >= 15 is 0 Å². The van der Waals surface area contributed by atoms with Crippen molar-refractivity contribution in [1.82, 2.24) is 9.88 Å². The monoisotopic (exact) mass is 422 g/mol. The number of carboxylic acids is 1. The second kappa shape index (κ2) is 8.09. The Balaban J connectivity index is 2.06. The average Bonchev–Trinajstić information content (AvgIpc) is 3.06. The number of hydrogen-bond acceptors (Lipinski definition) is 5. The van der Waals surface area contributed by atoms with Crippen molar-refractivity contribution < 1.29 is 19.4 Å². The first-order chi connectivity index (χ1) is 13.2. The van der Waals surface area contributed by atoms with Crippen LogP contribution in [0.2, 0.25) is 5.02 Å². The second-order valence-corrected chi connectivity index (χ2v) is 9.33. The number of halogens is 1. The predicted molar refractivity (Wildman–Crippen MR) is 108 cm³/mol. The topological polar surface area (TPSA) is 79.7 Å². The van der Waals surface area contributed by atoms with Gasteiger partial charge in [-0.3, -0.25) is 4.79 Å². The molecule has 0 aliphatic carbocycles. The van der Waals surface area contributed by atoms with Crippen molar-refractivity contribution in [2.75, 3.05) is 13.2 Å². The lowest BCUT2D eigenvalue weighted by Gasteiger charge is -2.37. The first-order valence-electron chi connectivity index (χ1n) is 9.01. The van der Waals surface area contributed by atoms with Crippen LogP contribution in [0.5, 0.6) is 5.75 Å². The lowest BCUT2D eigenvalue weighted by atomic mass is 9.89. The largest absolute Gasteiger partial charge is 0.482 e.